The molecule has 0 saturated carbocycles. The quantitative estimate of drug-likeness (QED) is 0.194. The molecule has 0 fully saturated rings. The van der Waals surface area contributed by atoms with Crippen molar-refractivity contribution in [3.8, 4) is 45.3 Å². The average Bonchev–Trinajstić information content (AvgIpc) is 3.73. The normalized spacial score (nSPS) is 11.8. The van der Waals surface area contributed by atoms with Crippen LogP contribution in [0.2, 0.25) is 0 Å². The van der Waals surface area contributed by atoms with E-state index in [2.05, 4.69) is 103 Å². The van der Waals surface area contributed by atoms with Crippen molar-refractivity contribution in [2.24, 2.45) is 0 Å². The van der Waals surface area contributed by atoms with Crippen molar-refractivity contribution in [1.82, 2.24) is 15.0 Å². The van der Waals surface area contributed by atoms with Gasteiger partial charge in [-0.3, -0.25) is 0 Å². The van der Waals surface area contributed by atoms with E-state index in [0.29, 0.717) is 17.5 Å². The molecule has 7 aromatic carbocycles. The Labute approximate surface area is 279 Å². The highest BCUT2D eigenvalue weighted by molar-refractivity contribution is 7.25. The molecule has 0 radical (unpaired) electrons. The Kier molecular flexibility index (Phi) is 6.01. The fourth-order valence-corrected chi connectivity index (χ4v) is 7.96. The van der Waals surface area contributed by atoms with Crippen LogP contribution in [0.25, 0.3) is 98.2 Å². The van der Waals surface area contributed by atoms with Crippen molar-refractivity contribution in [2.45, 2.75) is 0 Å². The number of thiophene rings is 1. The maximum absolute atomic E-state index is 6.61. The molecule has 0 bridgehead atoms. The van der Waals surface area contributed by atoms with E-state index in [4.69, 9.17) is 19.4 Å². The highest BCUT2D eigenvalue weighted by Crippen LogP contribution is 2.42. The van der Waals surface area contributed by atoms with Gasteiger partial charge in [0, 0.05) is 53.0 Å². The molecule has 0 aliphatic heterocycles. The van der Waals surface area contributed by atoms with Gasteiger partial charge in [0.15, 0.2) is 17.5 Å². The summed E-state index contributed by atoms with van der Waals surface area (Å²) in [6.07, 6.45) is 0. The molecule has 0 atom stereocenters. The Bertz CT molecular complexity index is 2840. The Hall–Kier alpha value is -6.17. The summed E-state index contributed by atoms with van der Waals surface area (Å²) >= 11 is 1.79. The monoisotopic (exact) mass is 631 g/mol. The third-order valence-electron chi connectivity index (χ3n) is 9.11. The summed E-state index contributed by atoms with van der Waals surface area (Å²) in [5.74, 6) is 1.88. The summed E-state index contributed by atoms with van der Waals surface area (Å²) in [4.78, 5) is 15.4. The molecule has 0 amide bonds. The van der Waals surface area contributed by atoms with Gasteiger partial charge in [-0.25, -0.2) is 15.0 Å². The van der Waals surface area contributed by atoms with Crippen LogP contribution in [0.3, 0.4) is 0 Å². The molecule has 0 aliphatic carbocycles. The van der Waals surface area contributed by atoms with Gasteiger partial charge in [-0.2, -0.15) is 0 Å². The number of furan rings is 1. The fourth-order valence-electron chi connectivity index (χ4n) is 6.81. The highest BCUT2D eigenvalue weighted by Gasteiger charge is 2.21. The van der Waals surface area contributed by atoms with Gasteiger partial charge in [0.1, 0.15) is 11.2 Å². The van der Waals surface area contributed by atoms with E-state index in [0.717, 1.165) is 60.5 Å². The molecule has 224 valence electrons. The van der Waals surface area contributed by atoms with E-state index >= 15 is 0 Å². The van der Waals surface area contributed by atoms with Gasteiger partial charge in [-0.15, -0.1) is 11.3 Å². The van der Waals surface area contributed by atoms with E-state index in [-0.39, 0.29) is 0 Å². The molecule has 10 rings (SSSR count). The minimum absolute atomic E-state index is 0.610. The molecule has 0 unspecified atom stereocenters. The van der Waals surface area contributed by atoms with Crippen LogP contribution >= 0.6 is 11.3 Å². The second kappa shape index (κ2) is 10.7. The Morgan fingerprint density at radius 2 is 1.04 bits per heavy atom. The highest BCUT2D eigenvalue weighted by atomic mass is 32.1. The lowest BCUT2D eigenvalue weighted by Gasteiger charge is -2.11. The molecule has 5 heteroatoms. The lowest BCUT2D eigenvalue weighted by molar-refractivity contribution is 0.672. The van der Waals surface area contributed by atoms with Crippen molar-refractivity contribution in [3.05, 3.63) is 152 Å². The first-order chi connectivity index (χ1) is 23.8. The van der Waals surface area contributed by atoms with Gasteiger partial charge < -0.3 is 4.42 Å². The third kappa shape index (κ3) is 4.33. The predicted octanol–water partition coefficient (Wildman–Crippen LogP) is 12.0. The molecular formula is C43H25N3OS. The van der Waals surface area contributed by atoms with Crippen LogP contribution in [0, 0.1) is 0 Å². The van der Waals surface area contributed by atoms with Gasteiger partial charge in [0.2, 0.25) is 0 Å². The summed E-state index contributed by atoms with van der Waals surface area (Å²) < 4.78 is 9.09. The van der Waals surface area contributed by atoms with Gasteiger partial charge in [-0.1, -0.05) is 115 Å². The Morgan fingerprint density at radius 3 is 1.88 bits per heavy atom. The van der Waals surface area contributed by atoms with Crippen LogP contribution in [0.1, 0.15) is 0 Å². The van der Waals surface area contributed by atoms with Crippen LogP contribution in [0.15, 0.2) is 156 Å². The molecule has 48 heavy (non-hydrogen) atoms. The number of rotatable bonds is 4. The number of fused-ring (bicyclic) bond motifs is 8. The Balaban J connectivity index is 1.26. The van der Waals surface area contributed by atoms with Gasteiger partial charge in [-0.05, 0) is 52.9 Å². The number of benzene rings is 7. The number of hydrogen-bond donors (Lipinski definition) is 0. The van der Waals surface area contributed by atoms with Crippen molar-refractivity contribution in [2.75, 3.05) is 0 Å². The average molecular weight is 632 g/mol. The van der Waals surface area contributed by atoms with Crippen LogP contribution in [0.5, 0.6) is 0 Å². The maximum atomic E-state index is 6.61. The van der Waals surface area contributed by atoms with E-state index in [1.54, 1.807) is 11.3 Å². The molecule has 10 aromatic rings. The summed E-state index contributed by atoms with van der Waals surface area (Å²) in [6.45, 7) is 0. The maximum Gasteiger partial charge on any atom is 0.164 e. The third-order valence-corrected chi connectivity index (χ3v) is 10.2. The lowest BCUT2D eigenvalue weighted by Crippen LogP contribution is -2.00. The lowest BCUT2D eigenvalue weighted by atomic mass is 9.96. The number of nitrogens with zero attached hydrogens (tertiary/aromatic N) is 3. The standard InChI is InChI=1S/C43H25N3OS/c1-3-11-26(12-4-1)28-19-21-31-30(23-28)24-35(39-34-16-7-9-17-36(34)47-40(31)39)43-45-41(27-13-5-2-6-14-27)44-42(46-43)29-20-22-33-32-15-8-10-18-37(32)48-38(33)25-29/h1-25H. The topological polar surface area (TPSA) is 51.8 Å². The van der Waals surface area contributed by atoms with Crippen LogP contribution in [0.4, 0.5) is 0 Å². The number of aromatic nitrogens is 3. The molecule has 0 N–H and O–H groups in total. The SMILES string of the molecule is c1ccc(-c2ccc3c(c2)cc(-c2nc(-c4ccccc4)nc(-c4ccc5c(c4)sc4ccccc45)n2)c2c4ccccc4oc32)cc1. The van der Waals surface area contributed by atoms with Crippen LogP contribution in [-0.2, 0) is 0 Å². The van der Waals surface area contributed by atoms with Crippen molar-refractivity contribution >= 4 is 64.2 Å². The van der Waals surface area contributed by atoms with E-state index in [1.165, 1.54) is 20.2 Å². The van der Waals surface area contributed by atoms with Crippen molar-refractivity contribution in [1.29, 1.82) is 0 Å². The Morgan fingerprint density at radius 1 is 0.417 bits per heavy atom. The van der Waals surface area contributed by atoms with Crippen LogP contribution < -0.4 is 0 Å². The second-order valence-corrected chi connectivity index (χ2v) is 13.1. The predicted molar refractivity (Wildman–Crippen MR) is 199 cm³/mol. The zero-order chi connectivity index (χ0) is 31.6. The van der Waals surface area contributed by atoms with E-state index in [1.807, 2.05) is 48.5 Å². The summed E-state index contributed by atoms with van der Waals surface area (Å²) in [5, 5.41) is 6.66. The molecule has 0 aliphatic rings. The molecule has 3 heterocycles. The van der Waals surface area contributed by atoms with Gasteiger partial charge in [0.25, 0.3) is 0 Å². The molecule has 0 spiro atoms. The minimum atomic E-state index is 0.610. The molecule has 0 saturated heterocycles. The van der Waals surface area contributed by atoms with Crippen molar-refractivity contribution in [3.63, 3.8) is 0 Å². The number of hydrogen-bond acceptors (Lipinski definition) is 5. The number of para-hydroxylation sites is 1. The van der Waals surface area contributed by atoms with Gasteiger partial charge in [0.05, 0.1) is 0 Å². The first kappa shape index (κ1) is 27.0. The second-order valence-electron chi connectivity index (χ2n) is 12.0. The first-order valence-corrected chi connectivity index (χ1v) is 16.8. The summed E-state index contributed by atoms with van der Waals surface area (Å²) in [7, 11) is 0. The largest absolute Gasteiger partial charge is 0.455 e. The molecule has 4 nitrogen and oxygen atoms in total. The minimum Gasteiger partial charge on any atom is -0.455 e. The van der Waals surface area contributed by atoms with Crippen LogP contribution in [-0.4, -0.2) is 15.0 Å². The first-order valence-electron chi connectivity index (χ1n) is 15.9. The van der Waals surface area contributed by atoms with Crippen molar-refractivity contribution < 1.29 is 4.42 Å². The smallest absolute Gasteiger partial charge is 0.164 e. The fraction of sp³-hybridized carbons (Fsp3) is 0. The molecular weight excluding hydrogens is 607 g/mol. The van der Waals surface area contributed by atoms with Gasteiger partial charge >= 0.3 is 0 Å². The molecule has 3 aromatic heterocycles. The summed E-state index contributed by atoms with van der Waals surface area (Å²) in [6, 6.07) is 52.7. The zero-order valence-corrected chi connectivity index (χ0v) is 26.4. The van der Waals surface area contributed by atoms with E-state index < -0.39 is 0 Å². The van der Waals surface area contributed by atoms with E-state index in [9.17, 15) is 0 Å². The summed E-state index contributed by atoms with van der Waals surface area (Å²) in [5.41, 5.74) is 6.77. The zero-order valence-electron chi connectivity index (χ0n) is 25.6.